The molecule has 0 saturated heterocycles. The lowest BCUT2D eigenvalue weighted by molar-refractivity contribution is 0.126. The average molecular weight is 233 g/mol. The first-order chi connectivity index (χ1) is 8.20. The second-order valence-corrected chi connectivity index (χ2v) is 3.74. The molecule has 0 atom stereocenters. The third-order valence-corrected chi connectivity index (χ3v) is 2.34. The van der Waals surface area contributed by atoms with Crippen molar-refractivity contribution < 1.29 is 9.26 Å². The molecule has 0 fully saturated rings. The van der Waals surface area contributed by atoms with E-state index in [-0.39, 0.29) is 0 Å². The van der Waals surface area contributed by atoms with Crippen LogP contribution in [0.3, 0.4) is 0 Å². The molecule has 2 rings (SSSR count). The summed E-state index contributed by atoms with van der Waals surface area (Å²) >= 11 is 0. The van der Waals surface area contributed by atoms with E-state index in [0.29, 0.717) is 30.6 Å². The first kappa shape index (κ1) is 11.6. The van der Waals surface area contributed by atoms with Gasteiger partial charge in [0, 0.05) is 12.3 Å². The van der Waals surface area contributed by atoms with Crippen LogP contribution in [-0.4, -0.2) is 16.7 Å². The highest BCUT2D eigenvalue weighted by Gasteiger charge is 2.11. The Morgan fingerprint density at radius 3 is 3.00 bits per heavy atom. The summed E-state index contributed by atoms with van der Waals surface area (Å²) in [5.74, 6) is 0.962. The van der Waals surface area contributed by atoms with Crippen LogP contribution in [0.1, 0.15) is 18.3 Å². The van der Waals surface area contributed by atoms with Crippen molar-refractivity contribution in [1.29, 1.82) is 0 Å². The molecular weight excluding hydrogens is 218 g/mol. The minimum absolute atomic E-state index is 0.353. The number of aromatic nitrogens is 2. The number of ether oxygens (including phenoxy) is 1. The van der Waals surface area contributed by atoms with E-state index >= 15 is 0 Å². The molecule has 2 N–H and O–H groups in total. The number of nitrogens with zero attached hydrogens (tertiary/aromatic N) is 2. The van der Waals surface area contributed by atoms with Crippen LogP contribution in [-0.2, 0) is 11.3 Å². The third-order valence-electron chi connectivity index (χ3n) is 2.34. The lowest BCUT2D eigenvalue weighted by Gasteiger charge is -2.01. The van der Waals surface area contributed by atoms with Gasteiger partial charge in [0.05, 0.1) is 5.56 Å². The molecule has 0 radical (unpaired) electrons. The molecule has 0 aliphatic heterocycles. The van der Waals surface area contributed by atoms with Gasteiger partial charge in [-0.05, 0) is 26.0 Å². The molecule has 0 unspecified atom stereocenters. The Labute approximate surface area is 99.6 Å². The fourth-order valence-corrected chi connectivity index (χ4v) is 1.47. The number of nitrogens with two attached hydrogens (primary N) is 1. The number of hydrogen-bond acceptors (Lipinski definition) is 5. The molecule has 1 aromatic carbocycles. The molecule has 0 aliphatic carbocycles. The van der Waals surface area contributed by atoms with Gasteiger partial charge in [-0.3, -0.25) is 0 Å². The summed E-state index contributed by atoms with van der Waals surface area (Å²) in [6.45, 7) is 4.88. The van der Waals surface area contributed by atoms with Crippen LogP contribution in [0.5, 0.6) is 0 Å². The van der Waals surface area contributed by atoms with Gasteiger partial charge in [-0.1, -0.05) is 16.8 Å². The number of anilines is 1. The molecular formula is C12H15N3O2. The van der Waals surface area contributed by atoms with Crippen molar-refractivity contribution in [3.63, 3.8) is 0 Å². The Morgan fingerprint density at radius 2 is 2.24 bits per heavy atom. The molecule has 0 aliphatic rings. The molecule has 0 amide bonds. The summed E-state index contributed by atoms with van der Waals surface area (Å²) in [6, 6.07) is 5.70. The van der Waals surface area contributed by atoms with Gasteiger partial charge in [-0.2, -0.15) is 4.98 Å². The quantitative estimate of drug-likeness (QED) is 0.819. The summed E-state index contributed by atoms with van der Waals surface area (Å²) in [6.07, 6.45) is 0. The summed E-state index contributed by atoms with van der Waals surface area (Å²) in [5, 5.41) is 3.83. The third kappa shape index (κ3) is 2.62. The van der Waals surface area contributed by atoms with Gasteiger partial charge in [0.15, 0.2) is 5.82 Å². The van der Waals surface area contributed by atoms with Crippen molar-refractivity contribution in [1.82, 2.24) is 10.1 Å². The van der Waals surface area contributed by atoms with Crippen molar-refractivity contribution in [3.8, 4) is 11.5 Å². The summed E-state index contributed by atoms with van der Waals surface area (Å²) < 4.78 is 10.4. The summed E-state index contributed by atoms with van der Waals surface area (Å²) in [5.41, 5.74) is 8.36. The van der Waals surface area contributed by atoms with Gasteiger partial charge in [0.25, 0.3) is 5.89 Å². The molecule has 1 heterocycles. The fraction of sp³-hybridized carbons (Fsp3) is 0.333. The van der Waals surface area contributed by atoms with E-state index in [4.69, 9.17) is 15.0 Å². The minimum atomic E-state index is 0.353. The Morgan fingerprint density at radius 1 is 1.41 bits per heavy atom. The Bertz CT molecular complexity index is 508. The van der Waals surface area contributed by atoms with Crippen molar-refractivity contribution in [2.45, 2.75) is 20.5 Å². The zero-order valence-corrected chi connectivity index (χ0v) is 9.93. The van der Waals surface area contributed by atoms with Crippen molar-refractivity contribution in [2.75, 3.05) is 12.3 Å². The lowest BCUT2D eigenvalue weighted by Crippen LogP contribution is -1.94. The van der Waals surface area contributed by atoms with E-state index in [1.165, 1.54) is 0 Å². The minimum Gasteiger partial charge on any atom is -0.398 e. The molecule has 0 bridgehead atoms. The normalized spacial score (nSPS) is 10.7. The maximum absolute atomic E-state index is 5.87. The standard InChI is InChI=1S/C12H15N3O2/c1-3-16-7-11-14-12(17-15-11)9-6-8(2)4-5-10(9)13/h4-6H,3,7,13H2,1-2H3. The van der Waals surface area contributed by atoms with Gasteiger partial charge in [-0.15, -0.1) is 0 Å². The number of rotatable bonds is 4. The van der Waals surface area contributed by atoms with Gasteiger partial charge in [0.1, 0.15) is 6.61 Å². The van der Waals surface area contributed by atoms with Gasteiger partial charge < -0.3 is 15.0 Å². The molecule has 5 heteroatoms. The SMILES string of the molecule is CCOCc1noc(-c2cc(C)ccc2N)n1. The predicted molar refractivity (Wildman–Crippen MR) is 64.2 cm³/mol. The van der Waals surface area contributed by atoms with Gasteiger partial charge in [0.2, 0.25) is 0 Å². The van der Waals surface area contributed by atoms with Crippen LogP contribution in [0.25, 0.3) is 11.5 Å². The number of benzene rings is 1. The van der Waals surface area contributed by atoms with Crippen LogP contribution in [0.4, 0.5) is 5.69 Å². The molecule has 17 heavy (non-hydrogen) atoms. The highest BCUT2D eigenvalue weighted by Crippen LogP contribution is 2.25. The largest absolute Gasteiger partial charge is 0.398 e. The zero-order valence-electron chi connectivity index (χ0n) is 9.93. The van der Waals surface area contributed by atoms with Crippen LogP contribution in [0, 0.1) is 6.92 Å². The van der Waals surface area contributed by atoms with E-state index < -0.39 is 0 Å². The second kappa shape index (κ2) is 4.97. The van der Waals surface area contributed by atoms with Crippen LogP contribution < -0.4 is 5.73 Å². The van der Waals surface area contributed by atoms with Crippen molar-refractivity contribution >= 4 is 5.69 Å². The Balaban J connectivity index is 2.27. The Kier molecular flexibility index (Phi) is 3.39. The predicted octanol–water partition coefficient (Wildman–Crippen LogP) is 2.16. The lowest BCUT2D eigenvalue weighted by atomic mass is 10.1. The molecule has 5 nitrogen and oxygen atoms in total. The van der Waals surface area contributed by atoms with Crippen LogP contribution >= 0.6 is 0 Å². The topological polar surface area (TPSA) is 74.2 Å². The second-order valence-electron chi connectivity index (χ2n) is 3.74. The highest BCUT2D eigenvalue weighted by atomic mass is 16.5. The highest BCUT2D eigenvalue weighted by molar-refractivity contribution is 5.70. The maximum atomic E-state index is 5.87. The average Bonchev–Trinajstić information content (AvgIpc) is 2.78. The number of nitrogen functional groups attached to an aromatic ring is 1. The Hall–Kier alpha value is -1.88. The fourth-order valence-electron chi connectivity index (χ4n) is 1.47. The molecule has 2 aromatic rings. The van der Waals surface area contributed by atoms with Gasteiger partial charge >= 0.3 is 0 Å². The molecule has 1 aromatic heterocycles. The maximum Gasteiger partial charge on any atom is 0.260 e. The molecule has 90 valence electrons. The molecule has 0 saturated carbocycles. The monoisotopic (exact) mass is 233 g/mol. The van der Waals surface area contributed by atoms with E-state index in [0.717, 1.165) is 11.1 Å². The van der Waals surface area contributed by atoms with E-state index in [1.807, 2.05) is 32.0 Å². The van der Waals surface area contributed by atoms with Crippen molar-refractivity contribution in [2.24, 2.45) is 0 Å². The smallest absolute Gasteiger partial charge is 0.260 e. The van der Waals surface area contributed by atoms with Crippen LogP contribution in [0.2, 0.25) is 0 Å². The molecule has 0 spiro atoms. The van der Waals surface area contributed by atoms with E-state index in [2.05, 4.69) is 10.1 Å². The summed E-state index contributed by atoms with van der Waals surface area (Å²) in [7, 11) is 0. The number of hydrogen-bond donors (Lipinski definition) is 1. The van der Waals surface area contributed by atoms with Crippen LogP contribution in [0.15, 0.2) is 22.7 Å². The van der Waals surface area contributed by atoms with E-state index in [1.54, 1.807) is 0 Å². The zero-order chi connectivity index (χ0) is 12.3. The van der Waals surface area contributed by atoms with Gasteiger partial charge in [-0.25, -0.2) is 0 Å². The number of aryl methyl sites for hydroxylation is 1. The van der Waals surface area contributed by atoms with E-state index in [9.17, 15) is 0 Å². The van der Waals surface area contributed by atoms with Crippen molar-refractivity contribution in [3.05, 3.63) is 29.6 Å². The summed E-state index contributed by atoms with van der Waals surface area (Å²) in [4.78, 5) is 4.24. The first-order valence-corrected chi connectivity index (χ1v) is 5.47. The first-order valence-electron chi connectivity index (χ1n) is 5.47.